The number of imide groups is 1. The van der Waals surface area contributed by atoms with Crippen LogP contribution in [0.4, 0.5) is 0 Å². The van der Waals surface area contributed by atoms with Crippen LogP contribution in [0.1, 0.15) is 24.1 Å². The normalized spacial score (nSPS) is 15.3. The fourth-order valence-electron chi connectivity index (χ4n) is 1.89. The van der Waals surface area contributed by atoms with Crippen molar-refractivity contribution in [2.75, 3.05) is 13.2 Å². The van der Waals surface area contributed by atoms with Gasteiger partial charge in [0.25, 0.3) is 0 Å². The molecular weight excluding hydrogens is 232 g/mol. The number of aromatic nitrogens is 1. The number of nitrogens with zero attached hydrogens (tertiary/aromatic N) is 2. The molecule has 1 aromatic heterocycles. The maximum Gasteiger partial charge on any atom is 0.229 e. The second-order valence-electron chi connectivity index (χ2n) is 4.31. The molecule has 5 nitrogen and oxygen atoms in total. The second-order valence-corrected chi connectivity index (χ2v) is 4.31. The predicted molar refractivity (Wildman–Crippen MR) is 65.2 cm³/mol. The summed E-state index contributed by atoms with van der Waals surface area (Å²) in [5.74, 6) is 0.541. The van der Waals surface area contributed by atoms with E-state index >= 15 is 0 Å². The highest BCUT2D eigenvalue weighted by Gasteiger charge is 2.28. The Morgan fingerprint density at radius 2 is 1.94 bits per heavy atom. The molecule has 0 unspecified atom stereocenters. The monoisotopic (exact) mass is 248 g/mol. The quantitative estimate of drug-likeness (QED) is 0.752. The van der Waals surface area contributed by atoms with Gasteiger partial charge in [0.05, 0.1) is 6.54 Å². The van der Waals surface area contributed by atoms with E-state index in [-0.39, 0.29) is 11.8 Å². The second kappa shape index (κ2) is 5.16. The largest absolute Gasteiger partial charge is 0.491 e. The zero-order valence-corrected chi connectivity index (χ0v) is 10.6. The third kappa shape index (κ3) is 2.50. The molecule has 1 aliphatic heterocycles. The number of pyridine rings is 1. The Labute approximate surface area is 106 Å². The summed E-state index contributed by atoms with van der Waals surface area (Å²) in [7, 11) is 0. The zero-order chi connectivity index (χ0) is 13.1. The number of carbonyl (C=O) groups is 2. The van der Waals surface area contributed by atoms with Crippen LogP contribution >= 0.6 is 0 Å². The van der Waals surface area contributed by atoms with Gasteiger partial charge in [0.2, 0.25) is 11.8 Å². The summed E-state index contributed by atoms with van der Waals surface area (Å²) in [6.45, 7) is 4.49. The third-order valence-corrected chi connectivity index (χ3v) is 3.13. The van der Waals surface area contributed by atoms with Gasteiger partial charge in [-0.3, -0.25) is 19.5 Å². The average molecular weight is 248 g/mol. The Bertz CT molecular complexity index is 469. The highest BCUT2D eigenvalue weighted by Crippen LogP contribution is 2.19. The summed E-state index contributed by atoms with van der Waals surface area (Å²) >= 11 is 0. The van der Waals surface area contributed by atoms with E-state index in [4.69, 9.17) is 4.74 Å². The molecule has 0 bridgehead atoms. The molecule has 1 aliphatic rings. The van der Waals surface area contributed by atoms with E-state index in [1.165, 1.54) is 4.90 Å². The number of carbonyl (C=O) groups excluding carboxylic acids is 2. The van der Waals surface area contributed by atoms with Crippen LogP contribution < -0.4 is 4.74 Å². The first kappa shape index (κ1) is 12.5. The van der Waals surface area contributed by atoms with Crippen LogP contribution in [0.15, 0.2) is 12.3 Å². The van der Waals surface area contributed by atoms with E-state index < -0.39 is 0 Å². The Morgan fingerprint density at radius 1 is 1.28 bits per heavy atom. The molecule has 5 heteroatoms. The summed E-state index contributed by atoms with van der Waals surface area (Å²) in [5, 5.41) is 0. The molecule has 1 aromatic rings. The number of amides is 2. The van der Waals surface area contributed by atoms with Gasteiger partial charge in [0.15, 0.2) is 0 Å². The summed E-state index contributed by atoms with van der Waals surface area (Å²) in [4.78, 5) is 28.2. The Kier molecular flexibility index (Phi) is 3.60. The molecule has 0 radical (unpaired) electrons. The van der Waals surface area contributed by atoms with Crippen LogP contribution in [0.25, 0.3) is 0 Å². The lowest BCUT2D eigenvalue weighted by molar-refractivity contribution is -0.138. The first-order valence-electron chi connectivity index (χ1n) is 5.98. The number of hydrogen-bond acceptors (Lipinski definition) is 4. The van der Waals surface area contributed by atoms with Gasteiger partial charge in [-0.15, -0.1) is 0 Å². The molecule has 2 heterocycles. The first-order chi connectivity index (χ1) is 8.59. The maximum absolute atomic E-state index is 11.4. The summed E-state index contributed by atoms with van der Waals surface area (Å²) in [6, 6.07) is 1.79. The van der Waals surface area contributed by atoms with Crippen molar-refractivity contribution < 1.29 is 14.3 Å². The first-order valence-corrected chi connectivity index (χ1v) is 5.98. The Hall–Kier alpha value is -1.91. The number of rotatable bonds is 4. The van der Waals surface area contributed by atoms with Crippen molar-refractivity contribution in [1.29, 1.82) is 0 Å². The number of hydrogen-bond donors (Lipinski definition) is 0. The van der Waals surface area contributed by atoms with Gasteiger partial charge >= 0.3 is 0 Å². The molecule has 0 atom stereocenters. The third-order valence-electron chi connectivity index (χ3n) is 3.13. The van der Waals surface area contributed by atoms with Crippen molar-refractivity contribution >= 4 is 11.8 Å². The van der Waals surface area contributed by atoms with E-state index in [1.54, 1.807) is 12.3 Å². The van der Waals surface area contributed by atoms with Crippen molar-refractivity contribution in [2.24, 2.45) is 0 Å². The van der Waals surface area contributed by atoms with Gasteiger partial charge in [-0.05, 0) is 19.9 Å². The molecule has 18 heavy (non-hydrogen) atoms. The molecule has 0 aromatic carbocycles. The fourth-order valence-corrected chi connectivity index (χ4v) is 1.89. The minimum atomic E-state index is -0.105. The Balaban J connectivity index is 1.91. The smallest absolute Gasteiger partial charge is 0.229 e. The van der Waals surface area contributed by atoms with Gasteiger partial charge < -0.3 is 4.74 Å². The van der Waals surface area contributed by atoms with Crippen molar-refractivity contribution in [3.63, 3.8) is 0 Å². The average Bonchev–Trinajstić information content (AvgIpc) is 2.66. The molecule has 0 spiro atoms. The SMILES string of the molecule is Cc1nccc(OCCN2C(=O)CCC2=O)c1C. The van der Waals surface area contributed by atoms with Gasteiger partial charge in [-0.1, -0.05) is 0 Å². The zero-order valence-electron chi connectivity index (χ0n) is 10.6. The van der Waals surface area contributed by atoms with Gasteiger partial charge in [0.1, 0.15) is 12.4 Å². The van der Waals surface area contributed by atoms with E-state index in [0.29, 0.717) is 26.0 Å². The molecule has 1 saturated heterocycles. The van der Waals surface area contributed by atoms with Crippen molar-refractivity contribution in [3.8, 4) is 5.75 Å². The van der Waals surface area contributed by atoms with E-state index in [9.17, 15) is 9.59 Å². The highest BCUT2D eigenvalue weighted by molar-refractivity contribution is 6.01. The number of ether oxygens (including phenoxy) is 1. The van der Waals surface area contributed by atoms with E-state index in [1.807, 2.05) is 13.8 Å². The molecule has 2 amide bonds. The maximum atomic E-state index is 11.4. The van der Waals surface area contributed by atoms with Gasteiger partial charge in [-0.2, -0.15) is 0 Å². The topological polar surface area (TPSA) is 59.5 Å². The Morgan fingerprint density at radius 3 is 2.61 bits per heavy atom. The molecule has 0 saturated carbocycles. The molecule has 0 N–H and O–H groups in total. The fraction of sp³-hybridized carbons (Fsp3) is 0.462. The molecule has 0 aliphatic carbocycles. The minimum Gasteiger partial charge on any atom is -0.491 e. The van der Waals surface area contributed by atoms with Gasteiger partial charge in [-0.25, -0.2) is 0 Å². The standard InChI is InChI=1S/C13H16N2O3/c1-9-10(2)14-6-5-11(9)18-8-7-15-12(16)3-4-13(15)17/h5-6H,3-4,7-8H2,1-2H3. The summed E-state index contributed by atoms with van der Waals surface area (Å²) in [6.07, 6.45) is 2.34. The van der Waals surface area contributed by atoms with Crippen LogP contribution in [0.3, 0.4) is 0 Å². The highest BCUT2D eigenvalue weighted by atomic mass is 16.5. The van der Waals surface area contributed by atoms with Crippen LogP contribution in [-0.2, 0) is 9.59 Å². The summed E-state index contributed by atoms with van der Waals surface area (Å²) in [5.41, 5.74) is 1.90. The molecule has 96 valence electrons. The van der Waals surface area contributed by atoms with Crippen molar-refractivity contribution in [2.45, 2.75) is 26.7 Å². The molecular formula is C13H16N2O3. The van der Waals surface area contributed by atoms with Crippen molar-refractivity contribution in [1.82, 2.24) is 9.88 Å². The minimum absolute atomic E-state index is 0.105. The lowest BCUT2D eigenvalue weighted by atomic mass is 10.2. The van der Waals surface area contributed by atoms with Crippen molar-refractivity contribution in [3.05, 3.63) is 23.5 Å². The van der Waals surface area contributed by atoms with E-state index in [2.05, 4.69) is 4.98 Å². The van der Waals surface area contributed by atoms with Gasteiger partial charge in [0, 0.05) is 30.3 Å². The van der Waals surface area contributed by atoms with E-state index in [0.717, 1.165) is 17.0 Å². The number of aryl methyl sites for hydroxylation is 1. The summed E-state index contributed by atoms with van der Waals surface area (Å²) < 4.78 is 5.59. The van der Waals surface area contributed by atoms with Crippen LogP contribution in [0.5, 0.6) is 5.75 Å². The van der Waals surface area contributed by atoms with Crippen LogP contribution in [0.2, 0.25) is 0 Å². The predicted octanol–water partition coefficient (Wildman–Crippen LogP) is 1.23. The van der Waals surface area contributed by atoms with Crippen LogP contribution in [0, 0.1) is 13.8 Å². The molecule has 2 rings (SSSR count). The lowest BCUT2D eigenvalue weighted by Gasteiger charge is -2.15. The van der Waals surface area contributed by atoms with Crippen LogP contribution in [-0.4, -0.2) is 34.8 Å². The lowest BCUT2D eigenvalue weighted by Crippen LogP contribution is -2.33. The number of likely N-dealkylation sites (tertiary alicyclic amines) is 1. The molecule has 1 fully saturated rings.